The molecule has 1 aromatic carbocycles. The zero-order chi connectivity index (χ0) is 12.3. The normalized spacial score (nSPS) is 9.81. The zero-order valence-corrected chi connectivity index (χ0v) is 8.67. The van der Waals surface area contributed by atoms with E-state index in [-0.39, 0.29) is 6.54 Å². The van der Waals surface area contributed by atoms with Crippen LogP contribution in [0.2, 0.25) is 0 Å². The van der Waals surface area contributed by atoms with Gasteiger partial charge in [0.2, 0.25) is 0 Å². The van der Waals surface area contributed by atoms with Crippen molar-refractivity contribution in [1.29, 1.82) is 0 Å². The number of nitrogen functional groups attached to an aromatic ring is 1. The van der Waals surface area contributed by atoms with Crippen LogP contribution in [-0.4, -0.2) is 27.3 Å². The summed E-state index contributed by atoms with van der Waals surface area (Å²) < 4.78 is 0. The van der Waals surface area contributed by atoms with Crippen LogP contribution in [0.3, 0.4) is 0 Å². The van der Waals surface area contributed by atoms with Crippen molar-refractivity contribution < 1.29 is 19.8 Å². The summed E-state index contributed by atoms with van der Waals surface area (Å²) in [4.78, 5) is 21.6. The van der Waals surface area contributed by atoms with Gasteiger partial charge in [0.05, 0.1) is 6.54 Å². The van der Waals surface area contributed by atoms with Gasteiger partial charge in [0.15, 0.2) is 0 Å². The number of amides is 2. The zero-order valence-electron chi connectivity index (χ0n) is 8.67. The van der Waals surface area contributed by atoms with E-state index in [0.29, 0.717) is 16.2 Å². The van der Waals surface area contributed by atoms with E-state index in [1.165, 1.54) is 0 Å². The third kappa shape index (κ3) is 2.63. The first kappa shape index (κ1) is 11.8. The number of rotatable bonds is 2. The first-order valence-electron chi connectivity index (χ1n) is 4.50. The van der Waals surface area contributed by atoms with Gasteiger partial charge >= 0.3 is 12.2 Å². The first-order chi connectivity index (χ1) is 7.41. The predicted octanol–water partition coefficient (Wildman–Crippen LogP) is 1.74. The Bertz CT molecular complexity index is 417. The second kappa shape index (κ2) is 4.52. The Hall–Kier alpha value is -2.24. The molecule has 0 saturated carbocycles. The summed E-state index contributed by atoms with van der Waals surface area (Å²) in [5.74, 6) is 0. The van der Waals surface area contributed by atoms with Gasteiger partial charge < -0.3 is 15.9 Å². The Balaban J connectivity index is 2.97. The molecule has 0 aliphatic carbocycles. The van der Waals surface area contributed by atoms with Crippen molar-refractivity contribution in [3.8, 4) is 0 Å². The maximum absolute atomic E-state index is 10.7. The fourth-order valence-corrected chi connectivity index (χ4v) is 1.25. The summed E-state index contributed by atoms with van der Waals surface area (Å²) in [5, 5.41) is 17.4. The van der Waals surface area contributed by atoms with E-state index in [1.54, 1.807) is 25.1 Å². The van der Waals surface area contributed by atoms with E-state index < -0.39 is 12.2 Å². The second-order valence-corrected chi connectivity index (χ2v) is 3.34. The molecule has 4 N–H and O–H groups in total. The third-order valence-electron chi connectivity index (χ3n) is 2.16. The summed E-state index contributed by atoms with van der Waals surface area (Å²) in [6, 6.07) is 4.95. The predicted molar refractivity (Wildman–Crippen MR) is 57.2 cm³/mol. The molecule has 0 aliphatic rings. The number of nitrogens with zero attached hydrogens (tertiary/aromatic N) is 1. The van der Waals surface area contributed by atoms with Crippen molar-refractivity contribution in [2.24, 2.45) is 0 Å². The molecular formula is C10H12N2O4. The number of carboxylic acid groups (broad SMARTS) is 2. The number of benzene rings is 1. The molecule has 1 rings (SSSR count). The molecule has 0 heterocycles. The van der Waals surface area contributed by atoms with Crippen molar-refractivity contribution in [1.82, 2.24) is 4.90 Å². The van der Waals surface area contributed by atoms with E-state index >= 15 is 0 Å². The van der Waals surface area contributed by atoms with Gasteiger partial charge in [-0.2, -0.15) is 0 Å². The molecule has 1 aromatic rings. The van der Waals surface area contributed by atoms with Crippen LogP contribution in [0, 0.1) is 6.92 Å². The van der Waals surface area contributed by atoms with Gasteiger partial charge in [-0.15, -0.1) is 0 Å². The molecule has 86 valence electrons. The van der Waals surface area contributed by atoms with E-state index in [2.05, 4.69) is 0 Å². The van der Waals surface area contributed by atoms with Gasteiger partial charge in [-0.25, -0.2) is 14.5 Å². The molecule has 0 unspecified atom stereocenters. The number of hydrogen-bond acceptors (Lipinski definition) is 3. The van der Waals surface area contributed by atoms with E-state index in [9.17, 15) is 9.59 Å². The minimum Gasteiger partial charge on any atom is -0.465 e. The average Bonchev–Trinajstić information content (AvgIpc) is 2.18. The van der Waals surface area contributed by atoms with E-state index in [4.69, 9.17) is 15.9 Å². The van der Waals surface area contributed by atoms with Crippen molar-refractivity contribution in [3.05, 3.63) is 29.3 Å². The maximum Gasteiger partial charge on any atom is 0.417 e. The monoisotopic (exact) mass is 224 g/mol. The van der Waals surface area contributed by atoms with Crippen LogP contribution in [0.4, 0.5) is 15.3 Å². The smallest absolute Gasteiger partial charge is 0.417 e. The van der Waals surface area contributed by atoms with Crippen LogP contribution in [0.1, 0.15) is 11.1 Å². The summed E-state index contributed by atoms with van der Waals surface area (Å²) >= 11 is 0. The van der Waals surface area contributed by atoms with Crippen LogP contribution >= 0.6 is 0 Å². The highest BCUT2D eigenvalue weighted by Crippen LogP contribution is 2.15. The van der Waals surface area contributed by atoms with Crippen LogP contribution < -0.4 is 5.73 Å². The molecule has 6 heteroatoms. The minimum atomic E-state index is -1.51. The summed E-state index contributed by atoms with van der Waals surface area (Å²) in [6.45, 7) is 1.54. The largest absolute Gasteiger partial charge is 0.465 e. The Kier molecular flexibility index (Phi) is 3.34. The van der Waals surface area contributed by atoms with Crippen molar-refractivity contribution >= 4 is 17.9 Å². The van der Waals surface area contributed by atoms with E-state index in [0.717, 1.165) is 5.56 Å². The lowest BCUT2D eigenvalue weighted by molar-refractivity contribution is 0.120. The van der Waals surface area contributed by atoms with Gasteiger partial charge in [-0.3, -0.25) is 0 Å². The van der Waals surface area contributed by atoms with Gasteiger partial charge in [0.25, 0.3) is 0 Å². The van der Waals surface area contributed by atoms with Crippen molar-refractivity contribution in [2.45, 2.75) is 13.5 Å². The van der Waals surface area contributed by atoms with Gasteiger partial charge in [-0.05, 0) is 30.2 Å². The minimum absolute atomic E-state index is 0.221. The van der Waals surface area contributed by atoms with Crippen LogP contribution in [-0.2, 0) is 6.54 Å². The molecule has 6 nitrogen and oxygen atoms in total. The Morgan fingerprint density at radius 2 is 1.88 bits per heavy atom. The van der Waals surface area contributed by atoms with Crippen LogP contribution in [0.15, 0.2) is 18.2 Å². The lowest BCUT2D eigenvalue weighted by Crippen LogP contribution is -2.34. The Morgan fingerprint density at radius 1 is 1.31 bits per heavy atom. The molecule has 0 saturated heterocycles. The standard InChI is InChI=1S/C10H12N2O4/c1-6-2-3-8(11)4-7(6)5-12(9(13)14)10(15)16/h2-4H,5,11H2,1H3,(H,13,14)(H,15,16). The van der Waals surface area contributed by atoms with Gasteiger partial charge in [-0.1, -0.05) is 6.07 Å². The number of nitrogens with two attached hydrogens (primary N) is 1. The number of hydrogen-bond donors (Lipinski definition) is 3. The average molecular weight is 224 g/mol. The SMILES string of the molecule is Cc1ccc(N)cc1CN(C(=O)O)C(=O)O. The highest BCUT2D eigenvalue weighted by atomic mass is 16.4. The van der Waals surface area contributed by atoms with Crippen LogP contribution in [0.5, 0.6) is 0 Å². The quantitative estimate of drug-likeness (QED) is 0.663. The fourth-order valence-electron chi connectivity index (χ4n) is 1.25. The molecule has 2 amide bonds. The van der Waals surface area contributed by atoms with E-state index in [1.807, 2.05) is 0 Å². The second-order valence-electron chi connectivity index (χ2n) is 3.34. The maximum atomic E-state index is 10.7. The third-order valence-corrected chi connectivity index (χ3v) is 2.16. The molecular weight excluding hydrogens is 212 g/mol. The highest BCUT2D eigenvalue weighted by molar-refractivity contribution is 5.85. The topological polar surface area (TPSA) is 104 Å². The molecule has 0 radical (unpaired) electrons. The molecule has 0 bridgehead atoms. The summed E-state index contributed by atoms with van der Waals surface area (Å²) in [5.41, 5.74) is 7.38. The number of aryl methyl sites for hydroxylation is 1. The van der Waals surface area contributed by atoms with Crippen LogP contribution in [0.25, 0.3) is 0 Å². The Labute approximate surface area is 91.9 Å². The molecule has 0 aliphatic heterocycles. The summed E-state index contributed by atoms with van der Waals surface area (Å²) in [6.07, 6.45) is -3.01. The first-order valence-corrected chi connectivity index (χ1v) is 4.50. The summed E-state index contributed by atoms with van der Waals surface area (Å²) in [7, 11) is 0. The van der Waals surface area contributed by atoms with Crippen molar-refractivity contribution in [2.75, 3.05) is 5.73 Å². The lowest BCUT2D eigenvalue weighted by atomic mass is 10.1. The molecule has 0 aromatic heterocycles. The Morgan fingerprint density at radius 3 is 2.38 bits per heavy atom. The molecule has 0 atom stereocenters. The lowest BCUT2D eigenvalue weighted by Gasteiger charge is -2.15. The number of imide groups is 1. The number of carbonyl (C=O) groups is 2. The fraction of sp³-hybridized carbons (Fsp3) is 0.200. The molecule has 0 fully saturated rings. The number of anilines is 1. The highest BCUT2D eigenvalue weighted by Gasteiger charge is 2.20. The van der Waals surface area contributed by atoms with Gasteiger partial charge in [0, 0.05) is 5.69 Å². The van der Waals surface area contributed by atoms with Gasteiger partial charge in [0.1, 0.15) is 0 Å². The molecule has 16 heavy (non-hydrogen) atoms. The van der Waals surface area contributed by atoms with Crippen molar-refractivity contribution in [3.63, 3.8) is 0 Å². The molecule has 0 spiro atoms.